The molecule has 0 aliphatic carbocycles. The standard InChI is InChI=1S/C11H12F2N4O3S/c12-4-6(20-11(15,2-18)8(4)19)3-1-21-7-5(3)16-10(13)17-9(7)14/h1,4,6,8,18-19H,2,15H2,(H2,14,16,17)/t4-,6-,8-,11+/m0/s1. The molecule has 2 aromatic rings. The Morgan fingerprint density at radius 1 is 1.48 bits per heavy atom. The third-order valence-corrected chi connectivity index (χ3v) is 4.44. The minimum Gasteiger partial charge on any atom is -0.392 e. The summed E-state index contributed by atoms with van der Waals surface area (Å²) >= 11 is 1.10. The van der Waals surface area contributed by atoms with Crippen LogP contribution in [0.5, 0.6) is 0 Å². The van der Waals surface area contributed by atoms with Crippen molar-refractivity contribution in [1.29, 1.82) is 0 Å². The minimum absolute atomic E-state index is 0.0659. The van der Waals surface area contributed by atoms with Gasteiger partial charge in [0.25, 0.3) is 0 Å². The smallest absolute Gasteiger partial charge is 0.311 e. The summed E-state index contributed by atoms with van der Waals surface area (Å²) in [6, 6.07) is 0. The molecule has 0 spiro atoms. The van der Waals surface area contributed by atoms with Crippen molar-refractivity contribution < 1.29 is 23.7 Å². The fraction of sp³-hybridized carbons (Fsp3) is 0.455. The molecule has 10 heteroatoms. The van der Waals surface area contributed by atoms with E-state index in [2.05, 4.69) is 9.97 Å². The molecule has 0 radical (unpaired) electrons. The Labute approximate surface area is 121 Å². The van der Waals surface area contributed by atoms with Crippen molar-refractivity contribution in [3.63, 3.8) is 0 Å². The first-order valence-corrected chi connectivity index (χ1v) is 6.85. The van der Waals surface area contributed by atoms with Crippen molar-refractivity contribution in [3.8, 4) is 0 Å². The number of nitrogens with two attached hydrogens (primary N) is 2. The maximum absolute atomic E-state index is 14.2. The number of hydrogen-bond acceptors (Lipinski definition) is 8. The first-order chi connectivity index (χ1) is 9.87. The molecule has 0 unspecified atom stereocenters. The highest BCUT2D eigenvalue weighted by Crippen LogP contribution is 2.43. The van der Waals surface area contributed by atoms with Crippen LogP contribution in [0.3, 0.4) is 0 Å². The molecule has 3 heterocycles. The van der Waals surface area contributed by atoms with E-state index in [1.165, 1.54) is 5.38 Å². The molecule has 1 aliphatic rings. The number of fused-ring (bicyclic) bond motifs is 1. The summed E-state index contributed by atoms with van der Waals surface area (Å²) in [5.74, 6) is -0.0659. The normalized spacial score (nSPS) is 32.9. The molecular formula is C11H12F2N4O3S. The van der Waals surface area contributed by atoms with Gasteiger partial charge >= 0.3 is 6.08 Å². The first kappa shape index (κ1) is 14.5. The van der Waals surface area contributed by atoms with E-state index in [4.69, 9.17) is 21.3 Å². The fourth-order valence-electron chi connectivity index (χ4n) is 2.30. The molecule has 114 valence electrons. The molecule has 3 rings (SSSR count). The van der Waals surface area contributed by atoms with Gasteiger partial charge in [-0.1, -0.05) is 0 Å². The molecule has 4 atom stereocenters. The highest BCUT2D eigenvalue weighted by atomic mass is 32.1. The van der Waals surface area contributed by atoms with Crippen LogP contribution in [0.25, 0.3) is 10.2 Å². The average molecular weight is 318 g/mol. The lowest BCUT2D eigenvalue weighted by Crippen LogP contribution is -2.53. The molecule has 0 saturated carbocycles. The van der Waals surface area contributed by atoms with Crippen molar-refractivity contribution in [2.45, 2.75) is 24.1 Å². The zero-order valence-electron chi connectivity index (χ0n) is 10.5. The number of aromatic nitrogens is 2. The second-order valence-electron chi connectivity index (χ2n) is 4.79. The fourth-order valence-corrected chi connectivity index (χ4v) is 3.24. The number of nitrogens with zero attached hydrogens (tertiary/aromatic N) is 2. The molecule has 1 aliphatic heterocycles. The van der Waals surface area contributed by atoms with Crippen LogP contribution in [0.2, 0.25) is 0 Å². The van der Waals surface area contributed by atoms with Crippen LogP contribution < -0.4 is 11.5 Å². The number of aliphatic hydroxyl groups excluding tert-OH is 2. The highest BCUT2D eigenvalue weighted by molar-refractivity contribution is 7.17. The Balaban J connectivity index is 2.10. The van der Waals surface area contributed by atoms with Crippen LogP contribution in [0, 0.1) is 6.08 Å². The van der Waals surface area contributed by atoms with E-state index < -0.39 is 36.8 Å². The first-order valence-electron chi connectivity index (χ1n) is 5.97. The van der Waals surface area contributed by atoms with Crippen molar-refractivity contribution in [1.82, 2.24) is 9.97 Å². The molecule has 1 fully saturated rings. The Hall–Kier alpha value is -1.46. The van der Waals surface area contributed by atoms with Gasteiger partial charge in [-0.3, -0.25) is 5.73 Å². The Morgan fingerprint density at radius 3 is 2.81 bits per heavy atom. The second kappa shape index (κ2) is 4.78. The predicted molar refractivity (Wildman–Crippen MR) is 70.5 cm³/mol. The second-order valence-corrected chi connectivity index (χ2v) is 5.67. The maximum atomic E-state index is 14.2. The number of halogens is 2. The Kier molecular flexibility index (Phi) is 3.30. The largest absolute Gasteiger partial charge is 0.392 e. The number of anilines is 1. The molecular weight excluding hydrogens is 306 g/mol. The van der Waals surface area contributed by atoms with E-state index in [0.717, 1.165) is 11.3 Å². The van der Waals surface area contributed by atoms with Crippen molar-refractivity contribution >= 4 is 27.4 Å². The monoisotopic (exact) mass is 318 g/mol. The third kappa shape index (κ3) is 2.07. The number of alkyl halides is 1. The van der Waals surface area contributed by atoms with Gasteiger partial charge in [0, 0.05) is 5.56 Å². The van der Waals surface area contributed by atoms with Gasteiger partial charge in [-0.25, -0.2) is 9.37 Å². The SMILES string of the molecule is Nc1nc(F)nc2c([C@@H]3O[C@](N)(CO)[C@@H](O)[C@H]3F)csc12. The molecule has 0 amide bonds. The summed E-state index contributed by atoms with van der Waals surface area (Å²) in [6.45, 7) is -0.765. The van der Waals surface area contributed by atoms with Gasteiger partial charge in [0.1, 0.15) is 18.0 Å². The van der Waals surface area contributed by atoms with Gasteiger partial charge in [-0.05, 0) is 5.38 Å². The number of nitrogen functional groups attached to an aromatic ring is 1. The summed E-state index contributed by atoms with van der Waals surface area (Å²) in [7, 11) is 0. The van der Waals surface area contributed by atoms with Crippen molar-refractivity contribution in [3.05, 3.63) is 17.0 Å². The molecule has 1 saturated heterocycles. The lowest BCUT2D eigenvalue weighted by Gasteiger charge is -2.24. The van der Waals surface area contributed by atoms with Crippen molar-refractivity contribution in [2.24, 2.45) is 5.73 Å². The van der Waals surface area contributed by atoms with E-state index in [-0.39, 0.29) is 16.9 Å². The summed E-state index contributed by atoms with van der Waals surface area (Å²) in [6.07, 6.45) is -5.93. The molecule has 7 nitrogen and oxygen atoms in total. The average Bonchev–Trinajstić information content (AvgIpc) is 2.95. The maximum Gasteiger partial charge on any atom is 0.311 e. The summed E-state index contributed by atoms with van der Waals surface area (Å²) < 4.78 is 33.1. The summed E-state index contributed by atoms with van der Waals surface area (Å²) in [5.41, 5.74) is 9.57. The van der Waals surface area contributed by atoms with E-state index in [0.29, 0.717) is 4.70 Å². The zero-order chi connectivity index (χ0) is 15.4. The predicted octanol–water partition coefficient (Wildman–Crippen LogP) is -0.170. The molecule has 6 N–H and O–H groups in total. The Bertz CT molecular complexity index is 699. The lowest BCUT2D eigenvalue weighted by molar-refractivity contribution is -0.108. The topological polar surface area (TPSA) is 128 Å². The van der Waals surface area contributed by atoms with Gasteiger partial charge in [0.15, 0.2) is 11.9 Å². The highest BCUT2D eigenvalue weighted by Gasteiger charge is 2.54. The number of thiophene rings is 1. The van der Waals surface area contributed by atoms with Gasteiger partial charge in [0.05, 0.1) is 16.8 Å². The van der Waals surface area contributed by atoms with E-state index in [1.807, 2.05) is 0 Å². The lowest BCUT2D eigenvalue weighted by atomic mass is 10.0. The van der Waals surface area contributed by atoms with E-state index in [1.54, 1.807) is 0 Å². The zero-order valence-corrected chi connectivity index (χ0v) is 11.3. The quantitative estimate of drug-likeness (QED) is 0.566. The van der Waals surface area contributed by atoms with Gasteiger partial charge < -0.3 is 20.7 Å². The molecule has 21 heavy (non-hydrogen) atoms. The van der Waals surface area contributed by atoms with Crippen LogP contribution in [-0.4, -0.2) is 44.8 Å². The van der Waals surface area contributed by atoms with Gasteiger partial charge in [-0.2, -0.15) is 9.37 Å². The summed E-state index contributed by atoms with van der Waals surface area (Å²) in [4.78, 5) is 6.98. The van der Waals surface area contributed by atoms with Gasteiger partial charge in [0.2, 0.25) is 0 Å². The number of hydrogen-bond donors (Lipinski definition) is 4. The molecule has 2 aromatic heterocycles. The number of ether oxygens (including phenoxy) is 1. The minimum atomic E-state index is -1.92. The molecule has 0 aromatic carbocycles. The van der Waals surface area contributed by atoms with Crippen molar-refractivity contribution in [2.75, 3.05) is 12.3 Å². The molecule has 0 bridgehead atoms. The van der Waals surface area contributed by atoms with E-state index >= 15 is 0 Å². The number of rotatable bonds is 2. The van der Waals surface area contributed by atoms with Crippen LogP contribution in [0.15, 0.2) is 5.38 Å². The number of aliphatic hydroxyl groups is 2. The van der Waals surface area contributed by atoms with E-state index in [9.17, 15) is 13.9 Å². The van der Waals surface area contributed by atoms with Crippen LogP contribution in [0.4, 0.5) is 14.6 Å². The van der Waals surface area contributed by atoms with Crippen LogP contribution in [0.1, 0.15) is 11.7 Å². The van der Waals surface area contributed by atoms with Crippen LogP contribution in [-0.2, 0) is 4.74 Å². The Morgan fingerprint density at radius 2 is 2.19 bits per heavy atom. The van der Waals surface area contributed by atoms with Gasteiger partial charge in [-0.15, -0.1) is 11.3 Å². The van der Waals surface area contributed by atoms with Crippen LogP contribution >= 0.6 is 11.3 Å². The third-order valence-electron chi connectivity index (χ3n) is 3.43. The summed E-state index contributed by atoms with van der Waals surface area (Å²) in [5, 5.41) is 20.4.